The molecule has 0 fully saturated rings. The van der Waals surface area contributed by atoms with E-state index >= 15 is 0 Å². The topological polar surface area (TPSA) is 49.4 Å². The molecule has 126 valence electrons. The zero-order valence-electron chi connectivity index (χ0n) is 14.7. The first-order valence-corrected chi connectivity index (χ1v) is 8.09. The molecule has 0 heterocycles. The van der Waals surface area contributed by atoms with Gasteiger partial charge in [-0.25, -0.2) is 0 Å². The van der Waals surface area contributed by atoms with Crippen molar-refractivity contribution in [2.75, 3.05) is 16.8 Å². The quantitative estimate of drug-likeness (QED) is 0.904. The standard InChI is InChI=1S/C20H24N2O2/c1-14-8-10-18(11-9-14)22(17(4)23)13-12-20(24)21-19-7-5-6-15(2)16(19)3/h5-11H,12-13H2,1-4H3,(H,21,24). The molecular formula is C20H24N2O2. The molecule has 0 saturated heterocycles. The zero-order chi connectivity index (χ0) is 17.7. The number of anilines is 2. The van der Waals surface area contributed by atoms with Gasteiger partial charge in [0.25, 0.3) is 0 Å². The van der Waals surface area contributed by atoms with Crippen LogP contribution < -0.4 is 10.2 Å². The molecule has 24 heavy (non-hydrogen) atoms. The van der Waals surface area contributed by atoms with Crippen molar-refractivity contribution in [1.82, 2.24) is 0 Å². The normalized spacial score (nSPS) is 10.3. The summed E-state index contributed by atoms with van der Waals surface area (Å²) in [5.41, 5.74) is 4.97. The third kappa shape index (κ3) is 4.44. The van der Waals surface area contributed by atoms with Gasteiger partial charge < -0.3 is 10.2 Å². The number of hydrogen-bond donors (Lipinski definition) is 1. The molecular weight excluding hydrogens is 300 g/mol. The zero-order valence-corrected chi connectivity index (χ0v) is 14.7. The van der Waals surface area contributed by atoms with Crippen LogP contribution in [0.25, 0.3) is 0 Å². The Morgan fingerprint density at radius 3 is 2.29 bits per heavy atom. The van der Waals surface area contributed by atoms with E-state index in [0.717, 1.165) is 28.1 Å². The van der Waals surface area contributed by atoms with Crippen LogP contribution in [0.2, 0.25) is 0 Å². The van der Waals surface area contributed by atoms with Crippen molar-refractivity contribution in [3.63, 3.8) is 0 Å². The smallest absolute Gasteiger partial charge is 0.226 e. The second-order valence-electron chi connectivity index (χ2n) is 6.05. The van der Waals surface area contributed by atoms with Crippen molar-refractivity contribution in [3.8, 4) is 0 Å². The highest BCUT2D eigenvalue weighted by atomic mass is 16.2. The van der Waals surface area contributed by atoms with Gasteiger partial charge in [-0.05, 0) is 50.1 Å². The highest BCUT2D eigenvalue weighted by Gasteiger charge is 2.14. The minimum Gasteiger partial charge on any atom is -0.326 e. The third-order valence-corrected chi connectivity index (χ3v) is 4.17. The fourth-order valence-corrected chi connectivity index (χ4v) is 2.51. The average molecular weight is 324 g/mol. The number of carbonyl (C=O) groups excluding carboxylic acids is 2. The Balaban J connectivity index is 2.01. The van der Waals surface area contributed by atoms with E-state index in [-0.39, 0.29) is 18.2 Å². The molecule has 4 heteroatoms. The van der Waals surface area contributed by atoms with Crippen molar-refractivity contribution < 1.29 is 9.59 Å². The summed E-state index contributed by atoms with van der Waals surface area (Å²) in [4.78, 5) is 25.8. The highest BCUT2D eigenvalue weighted by molar-refractivity contribution is 5.95. The number of hydrogen-bond acceptors (Lipinski definition) is 2. The van der Waals surface area contributed by atoms with Crippen LogP contribution in [-0.4, -0.2) is 18.4 Å². The van der Waals surface area contributed by atoms with Crippen molar-refractivity contribution in [2.24, 2.45) is 0 Å². The Bertz CT molecular complexity index is 736. The number of benzene rings is 2. The van der Waals surface area contributed by atoms with Gasteiger partial charge in [0.2, 0.25) is 11.8 Å². The van der Waals surface area contributed by atoms with Crippen molar-refractivity contribution in [2.45, 2.75) is 34.1 Å². The van der Waals surface area contributed by atoms with Gasteiger partial charge in [0, 0.05) is 31.3 Å². The molecule has 4 nitrogen and oxygen atoms in total. The Hall–Kier alpha value is -2.62. The lowest BCUT2D eigenvalue weighted by Gasteiger charge is -2.21. The Morgan fingerprint density at radius 1 is 1.00 bits per heavy atom. The first-order valence-electron chi connectivity index (χ1n) is 8.09. The van der Waals surface area contributed by atoms with Crippen LogP contribution in [0.4, 0.5) is 11.4 Å². The average Bonchev–Trinajstić information content (AvgIpc) is 2.53. The van der Waals surface area contributed by atoms with Gasteiger partial charge in [0.05, 0.1) is 0 Å². The lowest BCUT2D eigenvalue weighted by molar-refractivity contribution is -0.117. The van der Waals surface area contributed by atoms with E-state index in [9.17, 15) is 9.59 Å². The molecule has 2 amide bonds. The van der Waals surface area contributed by atoms with Crippen molar-refractivity contribution in [1.29, 1.82) is 0 Å². The van der Waals surface area contributed by atoms with Crippen LogP contribution >= 0.6 is 0 Å². The Morgan fingerprint density at radius 2 is 1.67 bits per heavy atom. The summed E-state index contributed by atoms with van der Waals surface area (Å²) in [6, 6.07) is 13.6. The summed E-state index contributed by atoms with van der Waals surface area (Å²) < 4.78 is 0. The van der Waals surface area contributed by atoms with Crippen LogP contribution in [-0.2, 0) is 9.59 Å². The van der Waals surface area contributed by atoms with E-state index in [1.807, 2.05) is 63.2 Å². The lowest BCUT2D eigenvalue weighted by atomic mass is 10.1. The molecule has 0 unspecified atom stereocenters. The van der Waals surface area contributed by atoms with Gasteiger partial charge >= 0.3 is 0 Å². The maximum absolute atomic E-state index is 12.2. The minimum absolute atomic E-state index is 0.0709. The van der Waals surface area contributed by atoms with Crippen LogP contribution in [0.15, 0.2) is 42.5 Å². The van der Waals surface area contributed by atoms with Gasteiger partial charge in [0.1, 0.15) is 0 Å². The van der Waals surface area contributed by atoms with E-state index < -0.39 is 0 Å². The monoisotopic (exact) mass is 324 g/mol. The fourth-order valence-electron chi connectivity index (χ4n) is 2.51. The number of aryl methyl sites for hydroxylation is 2. The second kappa shape index (κ2) is 7.77. The van der Waals surface area contributed by atoms with E-state index in [2.05, 4.69) is 5.32 Å². The Kier molecular flexibility index (Phi) is 5.74. The molecule has 2 aromatic rings. The van der Waals surface area contributed by atoms with Crippen LogP contribution in [0.3, 0.4) is 0 Å². The van der Waals surface area contributed by atoms with E-state index in [4.69, 9.17) is 0 Å². The molecule has 2 aromatic carbocycles. The van der Waals surface area contributed by atoms with Crippen LogP contribution in [0.5, 0.6) is 0 Å². The molecule has 0 bridgehead atoms. The summed E-state index contributed by atoms with van der Waals surface area (Å²) in [5.74, 6) is -0.166. The number of rotatable bonds is 5. The molecule has 0 radical (unpaired) electrons. The molecule has 0 saturated carbocycles. The maximum atomic E-state index is 12.2. The minimum atomic E-state index is -0.0953. The number of amides is 2. The van der Waals surface area contributed by atoms with Gasteiger partial charge in [-0.15, -0.1) is 0 Å². The number of nitrogens with zero attached hydrogens (tertiary/aromatic N) is 1. The molecule has 0 spiro atoms. The Labute approximate surface area is 143 Å². The summed E-state index contributed by atoms with van der Waals surface area (Å²) in [6.45, 7) is 7.87. The molecule has 0 aliphatic heterocycles. The largest absolute Gasteiger partial charge is 0.326 e. The molecule has 0 aromatic heterocycles. The number of nitrogens with one attached hydrogen (secondary N) is 1. The van der Waals surface area contributed by atoms with E-state index in [1.54, 1.807) is 4.90 Å². The summed E-state index contributed by atoms with van der Waals surface area (Å²) in [5, 5.41) is 2.93. The molecule has 0 atom stereocenters. The van der Waals surface area contributed by atoms with Crippen molar-refractivity contribution >= 4 is 23.2 Å². The summed E-state index contributed by atoms with van der Waals surface area (Å²) in [7, 11) is 0. The van der Waals surface area contributed by atoms with Gasteiger partial charge in [-0.3, -0.25) is 9.59 Å². The van der Waals surface area contributed by atoms with Crippen LogP contribution in [0.1, 0.15) is 30.0 Å². The molecule has 1 N–H and O–H groups in total. The summed E-state index contributed by atoms with van der Waals surface area (Å²) in [6.07, 6.45) is 0.251. The first-order chi connectivity index (χ1) is 11.4. The number of carbonyl (C=O) groups is 2. The second-order valence-corrected chi connectivity index (χ2v) is 6.05. The van der Waals surface area contributed by atoms with Gasteiger partial charge in [0.15, 0.2) is 0 Å². The van der Waals surface area contributed by atoms with E-state index in [1.165, 1.54) is 6.92 Å². The van der Waals surface area contributed by atoms with Gasteiger partial charge in [-0.2, -0.15) is 0 Å². The molecule has 2 rings (SSSR count). The summed E-state index contributed by atoms with van der Waals surface area (Å²) >= 11 is 0. The lowest BCUT2D eigenvalue weighted by Crippen LogP contribution is -2.32. The molecule has 0 aliphatic rings. The predicted molar refractivity (Wildman–Crippen MR) is 98.4 cm³/mol. The van der Waals surface area contributed by atoms with Crippen molar-refractivity contribution in [3.05, 3.63) is 59.2 Å². The third-order valence-electron chi connectivity index (χ3n) is 4.17. The van der Waals surface area contributed by atoms with Gasteiger partial charge in [-0.1, -0.05) is 29.8 Å². The molecule has 0 aliphatic carbocycles. The fraction of sp³-hybridized carbons (Fsp3) is 0.300. The highest BCUT2D eigenvalue weighted by Crippen LogP contribution is 2.19. The maximum Gasteiger partial charge on any atom is 0.226 e. The SMILES string of the molecule is CC(=O)N(CCC(=O)Nc1cccc(C)c1C)c1ccc(C)cc1. The first kappa shape index (κ1) is 17.7. The van der Waals surface area contributed by atoms with Crippen LogP contribution in [0, 0.1) is 20.8 Å². The van der Waals surface area contributed by atoms with E-state index in [0.29, 0.717) is 6.54 Å². The predicted octanol–water partition coefficient (Wildman–Crippen LogP) is 3.99.